The maximum absolute atomic E-state index is 10.1. The molecule has 5 nitrogen and oxygen atoms in total. The standard InChI is InChI=1S/C20H27N3O2.HI/c1-4-21-20(23-15(2)16-9-6-5-7-10-16)22-14-13-17-11-8-12-18(25-3)19(17)24;/h5-12,15,24H,4,13-14H2,1-3H3,(H2,21,22,23);1H. The van der Waals surface area contributed by atoms with Crippen LogP contribution in [0.4, 0.5) is 0 Å². The van der Waals surface area contributed by atoms with E-state index >= 15 is 0 Å². The van der Waals surface area contributed by atoms with Crippen LogP contribution in [0.15, 0.2) is 53.5 Å². The van der Waals surface area contributed by atoms with Gasteiger partial charge in [-0.1, -0.05) is 42.5 Å². The Balaban J connectivity index is 0.00000338. The number of benzene rings is 2. The Kier molecular flexibility index (Phi) is 9.87. The van der Waals surface area contributed by atoms with Crippen LogP contribution in [0.5, 0.6) is 11.5 Å². The van der Waals surface area contributed by atoms with Crippen LogP contribution >= 0.6 is 24.0 Å². The number of hydrogen-bond acceptors (Lipinski definition) is 3. The SMILES string of the molecule is CCNC(=NCCc1cccc(OC)c1O)NC(C)c1ccccc1.I. The lowest BCUT2D eigenvalue weighted by Gasteiger charge is -2.18. The highest BCUT2D eigenvalue weighted by molar-refractivity contribution is 14.0. The second-order valence-electron chi connectivity index (χ2n) is 5.76. The zero-order chi connectivity index (χ0) is 18.1. The van der Waals surface area contributed by atoms with Gasteiger partial charge >= 0.3 is 0 Å². The van der Waals surface area contributed by atoms with E-state index in [4.69, 9.17) is 4.74 Å². The Morgan fingerprint density at radius 1 is 1.15 bits per heavy atom. The van der Waals surface area contributed by atoms with Crippen molar-refractivity contribution in [2.24, 2.45) is 4.99 Å². The number of nitrogens with zero attached hydrogens (tertiary/aromatic N) is 1. The Morgan fingerprint density at radius 3 is 2.54 bits per heavy atom. The number of aromatic hydroxyl groups is 1. The van der Waals surface area contributed by atoms with Gasteiger partial charge < -0.3 is 20.5 Å². The lowest BCUT2D eigenvalue weighted by molar-refractivity contribution is 0.370. The van der Waals surface area contributed by atoms with Crippen molar-refractivity contribution in [1.82, 2.24) is 10.6 Å². The van der Waals surface area contributed by atoms with E-state index < -0.39 is 0 Å². The number of ether oxygens (including phenoxy) is 1. The lowest BCUT2D eigenvalue weighted by atomic mass is 10.1. The molecule has 0 heterocycles. The van der Waals surface area contributed by atoms with E-state index in [0.717, 1.165) is 18.1 Å². The van der Waals surface area contributed by atoms with Gasteiger partial charge in [-0.3, -0.25) is 4.99 Å². The van der Waals surface area contributed by atoms with Crippen molar-refractivity contribution in [3.8, 4) is 11.5 Å². The molecule has 142 valence electrons. The molecule has 3 N–H and O–H groups in total. The maximum atomic E-state index is 10.1. The molecule has 1 unspecified atom stereocenters. The molecule has 0 saturated carbocycles. The van der Waals surface area contributed by atoms with Gasteiger partial charge in [0.1, 0.15) is 0 Å². The molecule has 0 aromatic heterocycles. The van der Waals surface area contributed by atoms with Crippen LogP contribution in [-0.2, 0) is 6.42 Å². The summed E-state index contributed by atoms with van der Waals surface area (Å²) in [4.78, 5) is 4.61. The van der Waals surface area contributed by atoms with Crippen LogP contribution in [0.1, 0.15) is 31.0 Å². The van der Waals surface area contributed by atoms with Gasteiger partial charge in [-0.2, -0.15) is 0 Å². The zero-order valence-corrected chi connectivity index (χ0v) is 17.9. The van der Waals surface area contributed by atoms with Crippen molar-refractivity contribution < 1.29 is 9.84 Å². The quantitative estimate of drug-likeness (QED) is 0.327. The Morgan fingerprint density at radius 2 is 1.88 bits per heavy atom. The molecule has 6 heteroatoms. The minimum Gasteiger partial charge on any atom is -0.504 e. The average Bonchev–Trinajstić information content (AvgIpc) is 2.64. The summed E-state index contributed by atoms with van der Waals surface area (Å²) in [5, 5.41) is 16.8. The van der Waals surface area contributed by atoms with Gasteiger partial charge in [-0.05, 0) is 37.5 Å². The number of para-hydroxylation sites is 1. The third-order valence-corrected chi connectivity index (χ3v) is 3.95. The van der Waals surface area contributed by atoms with Crippen LogP contribution < -0.4 is 15.4 Å². The third-order valence-electron chi connectivity index (χ3n) is 3.95. The summed E-state index contributed by atoms with van der Waals surface area (Å²) in [5.41, 5.74) is 2.04. The Labute approximate surface area is 172 Å². The summed E-state index contributed by atoms with van der Waals surface area (Å²) in [7, 11) is 1.55. The van der Waals surface area contributed by atoms with Gasteiger partial charge in [-0.15, -0.1) is 24.0 Å². The molecule has 0 spiro atoms. The van der Waals surface area contributed by atoms with E-state index in [2.05, 4.69) is 34.7 Å². The summed E-state index contributed by atoms with van der Waals surface area (Å²) in [6.45, 7) is 5.50. The van der Waals surface area contributed by atoms with Gasteiger partial charge in [0.2, 0.25) is 0 Å². The minimum absolute atomic E-state index is 0. The van der Waals surface area contributed by atoms with E-state index in [9.17, 15) is 5.11 Å². The molecular formula is C20H28IN3O2. The van der Waals surface area contributed by atoms with Gasteiger partial charge in [0.05, 0.1) is 13.2 Å². The first-order valence-electron chi connectivity index (χ1n) is 8.60. The van der Waals surface area contributed by atoms with Crippen molar-refractivity contribution in [3.63, 3.8) is 0 Å². The van der Waals surface area contributed by atoms with Crippen molar-refractivity contribution >= 4 is 29.9 Å². The molecule has 0 aliphatic heterocycles. The summed E-state index contributed by atoms with van der Waals surface area (Å²) in [6.07, 6.45) is 0.638. The van der Waals surface area contributed by atoms with Crippen molar-refractivity contribution in [3.05, 3.63) is 59.7 Å². The maximum Gasteiger partial charge on any atom is 0.191 e. The first-order chi connectivity index (χ1) is 12.2. The van der Waals surface area contributed by atoms with Gasteiger partial charge in [0.25, 0.3) is 0 Å². The number of phenolic OH excluding ortho intramolecular Hbond substituents is 1. The highest BCUT2D eigenvalue weighted by Crippen LogP contribution is 2.29. The number of rotatable bonds is 7. The normalized spacial score (nSPS) is 12.0. The van der Waals surface area contributed by atoms with E-state index in [1.807, 2.05) is 37.3 Å². The van der Waals surface area contributed by atoms with E-state index in [-0.39, 0.29) is 35.8 Å². The molecule has 0 aliphatic carbocycles. The topological polar surface area (TPSA) is 65.9 Å². The fraction of sp³-hybridized carbons (Fsp3) is 0.350. The number of methoxy groups -OCH3 is 1. The lowest BCUT2D eigenvalue weighted by Crippen LogP contribution is -2.38. The molecule has 2 aromatic carbocycles. The Bertz CT molecular complexity index is 693. The summed E-state index contributed by atoms with van der Waals surface area (Å²) >= 11 is 0. The summed E-state index contributed by atoms with van der Waals surface area (Å²) < 4.78 is 5.14. The second-order valence-corrected chi connectivity index (χ2v) is 5.76. The molecule has 2 rings (SSSR count). The zero-order valence-electron chi connectivity index (χ0n) is 15.5. The van der Waals surface area contributed by atoms with Gasteiger partial charge in [-0.25, -0.2) is 0 Å². The van der Waals surface area contributed by atoms with E-state index in [1.54, 1.807) is 13.2 Å². The third kappa shape index (κ3) is 6.40. The van der Waals surface area contributed by atoms with Crippen LogP contribution in [-0.4, -0.2) is 31.3 Å². The number of hydrogen-bond donors (Lipinski definition) is 3. The van der Waals surface area contributed by atoms with Gasteiger partial charge in [0, 0.05) is 13.1 Å². The minimum atomic E-state index is 0. The number of guanidine groups is 1. The summed E-state index contributed by atoms with van der Waals surface area (Å²) in [5.74, 6) is 1.45. The fourth-order valence-electron chi connectivity index (χ4n) is 2.57. The predicted molar refractivity (Wildman–Crippen MR) is 118 cm³/mol. The highest BCUT2D eigenvalue weighted by atomic mass is 127. The first-order valence-corrected chi connectivity index (χ1v) is 8.60. The van der Waals surface area contributed by atoms with Crippen LogP contribution in [0.25, 0.3) is 0 Å². The van der Waals surface area contributed by atoms with E-state index in [1.165, 1.54) is 5.56 Å². The largest absolute Gasteiger partial charge is 0.504 e. The van der Waals surface area contributed by atoms with Crippen LogP contribution in [0.2, 0.25) is 0 Å². The first kappa shape index (κ1) is 22.1. The van der Waals surface area contributed by atoms with E-state index in [0.29, 0.717) is 18.7 Å². The molecule has 26 heavy (non-hydrogen) atoms. The molecule has 0 fully saturated rings. The number of nitrogens with one attached hydrogen (secondary N) is 2. The van der Waals surface area contributed by atoms with Crippen LogP contribution in [0.3, 0.4) is 0 Å². The molecule has 0 saturated heterocycles. The predicted octanol–water partition coefficient (Wildman–Crippen LogP) is 3.88. The average molecular weight is 469 g/mol. The Hall–Kier alpha value is -1.96. The van der Waals surface area contributed by atoms with Gasteiger partial charge in [0.15, 0.2) is 17.5 Å². The molecule has 2 aromatic rings. The van der Waals surface area contributed by atoms with Crippen molar-refractivity contribution in [2.45, 2.75) is 26.3 Å². The molecule has 0 aliphatic rings. The number of aliphatic imine (C=N–C) groups is 1. The van der Waals surface area contributed by atoms with Crippen molar-refractivity contribution in [2.75, 3.05) is 20.2 Å². The second kappa shape index (κ2) is 11.6. The van der Waals surface area contributed by atoms with Crippen LogP contribution in [0, 0.1) is 0 Å². The molecule has 0 amide bonds. The molecule has 0 bridgehead atoms. The number of phenols is 1. The monoisotopic (exact) mass is 469 g/mol. The molecule has 1 atom stereocenters. The summed E-state index contributed by atoms with van der Waals surface area (Å²) in [6, 6.07) is 15.9. The number of halogens is 1. The highest BCUT2D eigenvalue weighted by Gasteiger charge is 2.09. The fourth-order valence-corrected chi connectivity index (χ4v) is 2.57. The molecular weight excluding hydrogens is 441 g/mol. The van der Waals surface area contributed by atoms with Crippen molar-refractivity contribution in [1.29, 1.82) is 0 Å². The smallest absolute Gasteiger partial charge is 0.191 e. The molecule has 0 radical (unpaired) electrons.